The fourth-order valence-electron chi connectivity index (χ4n) is 2.48. The molecule has 0 fully saturated rings. The zero-order valence-corrected chi connectivity index (χ0v) is 11.9. The number of amides is 1. The predicted octanol–water partition coefficient (Wildman–Crippen LogP) is 2.50. The summed E-state index contributed by atoms with van der Waals surface area (Å²) in [6, 6.07) is 6.81. The highest BCUT2D eigenvalue weighted by atomic mass is 32.1. The summed E-state index contributed by atoms with van der Waals surface area (Å²) in [5, 5.41) is 0. The number of nitrogens with zero attached hydrogens (tertiary/aromatic N) is 1. The molecule has 1 aromatic carbocycles. The first-order valence-electron chi connectivity index (χ1n) is 6.66. The van der Waals surface area contributed by atoms with Gasteiger partial charge < -0.3 is 4.90 Å². The Kier molecular flexibility index (Phi) is 4.70. The molecular weight excluding hydrogens is 242 g/mol. The van der Waals surface area contributed by atoms with E-state index in [9.17, 15) is 4.79 Å². The number of likely N-dealkylation sites (N-methyl/N-ethyl adjacent to an activating group) is 1. The quantitative estimate of drug-likeness (QED) is 0.828. The molecule has 2 nitrogen and oxygen atoms in total. The van der Waals surface area contributed by atoms with Crippen LogP contribution >= 0.6 is 12.6 Å². The largest absolute Gasteiger partial charge is 0.345 e. The fourth-order valence-corrected chi connectivity index (χ4v) is 2.73. The van der Waals surface area contributed by atoms with E-state index in [4.69, 9.17) is 0 Å². The lowest BCUT2D eigenvalue weighted by Gasteiger charge is -2.19. The van der Waals surface area contributed by atoms with Gasteiger partial charge in [0.2, 0.25) is 5.91 Å². The van der Waals surface area contributed by atoms with Crippen LogP contribution in [0.4, 0.5) is 0 Å². The molecule has 0 saturated heterocycles. The minimum Gasteiger partial charge on any atom is -0.345 e. The third-order valence-corrected chi connectivity index (χ3v) is 3.98. The van der Waals surface area contributed by atoms with E-state index in [2.05, 4.69) is 30.8 Å². The van der Waals surface area contributed by atoms with Crippen LogP contribution in [0.5, 0.6) is 0 Å². The molecule has 1 aliphatic carbocycles. The van der Waals surface area contributed by atoms with Crippen LogP contribution in [0.3, 0.4) is 0 Å². The molecule has 3 heteroatoms. The summed E-state index contributed by atoms with van der Waals surface area (Å²) in [6.45, 7) is 0.776. The molecule has 0 aliphatic heterocycles. The van der Waals surface area contributed by atoms with Crippen LogP contribution in [-0.2, 0) is 24.1 Å². The van der Waals surface area contributed by atoms with Crippen molar-refractivity contribution in [3.63, 3.8) is 0 Å². The first-order chi connectivity index (χ1) is 8.70. The Balaban J connectivity index is 1.96. The van der Waals surface area contributed by atoms with Crippen LogP contribution in [0.1, 0.15) is 29.5 Å². The smallest absolute Gasteiger partial charge is 0.232 e. The van der Waals surface area contributed by atoms with Crippen molar-refractivity contribution >= 4 is 18.5 Å². The summed E-state index contributed by atoms with van der Waals surface area (Å²) < 4.78 is 0. The van der Waals surface area contributed by atoms with Crippen molar-refractivity contribution < 1.29 is 4.79 Å². The second-order valence-electron chi connectivity index (χ2n) is 5.03. The normalized spacial score (nSPS) is 14.1. The second-order valence-corrected chi connectivity index (χ2v) is 5.35. The Morgan fingerprint density at radius 1 is 1.28 bits per heavy atom. The Hall–Kier alpha value is -0.960. The van der Waals surface area contributed by atoms with E-state index in [1.807, 2.05) is 7.05 Å². The van der Waals surface area contributed by atoms with E-state index in [0.29, 0.717) is 5.75 Å². The number of hydrogen-bond donors (Lipinski definition) is 1. The highest BCUT2D eigenvalue weighted by Gasteiger charge is 2.10. The number of carbonyl (C=O) groups is 1. The average Bonchev–Trinajstić information content (AvgIpc) is 2.43. The summed E-state index contributed by atoms with van der Waals surface area (Å²) in [4.78, 5) is 13.2. The van der Waals surface area contributed by atoms with Gasteiger partial charge in [-0.25, -0.2) is 0 Å². The van der Waals surface area contributed by atoms with E-state index in [-0.39, 0.29) is 5.91 Å². The second kappa shape index (κ2) is 6.28. The molecule has 0 bridgehead atoms. The molecule has 0 heterocycles. The molecule has 0 N–H and O–H groups in total. The molecule has 0 aromatic heterocycles. The summed E-state index contributed by atoms with van der Waals surface area (Å²) >= 11 is 4.01. The Labute approximate surface area is 115 Å². The molecule has 18 heavy (non-hydrogen) atoms. The molecule has 0 spiro atoms. The maximum absolute atomic E-state index is 11.4. The lowest BCUT2D eigenvalue weighted by atomic mass is 9.90. The van der Waals surface area contributed by atoms with Crippen LogP contribution < -0.4 is 0 Å². The molecule has 1 aromatic rings. The number of thiol groups is 1. The van der Waals surface area contributed by atoms with Crippen molar-refractivity contribution in [2.75, 3.05) is 19.3 Å². The number of benzene rings is 1. The summed E-state index contributed by atoms with van der Waals surface area (Å²) in [5.74, 6) is 0.386. The zero-order valence-electron chi connectivity index (χ0n) is 11.0. The number of hydrogen-bond acceptors (Lipinski definition) is 2. The zero-order chi connectivity index (χ0) is 13.0. The Morgan fingerprint density at radius 2 is 2.00 bits per heavy atom. The lowest BCUT2D eigenvalue weighted by molar-refractivity contribution is -0.127. The van der Waals surface area contributed by atoms with Crippen molar-refractivity contribution in [2.24, 2.45) is 0 Å². The van der Waals surface area contributed by atoms with Crippen molar-refractivity contribution in [2.45, 2.75) is 32.1 Å². The molecule has 0 saturated carbocycles. The molecule has 0 atom stereocenters. The summed E-state index contributed by atoms with van der Waals surface area (Å²) in [7, 11) is 1.84. The first-order valence-corrected chi connectivity index (χ1v) is 7.29. The van der Waals surface area contributed by atoms with E-state index in [1.54, 1.807) is 4.90 Å². The van der Waals surface area contributed by atoms with Gasteiger partial charge in [0.05, 0.1) is 5.75 Å². The van der Waals surface area contributed by atoms with Crippen molar-refractivity contribution in [1.82, 2.24) is 4.90 Å². The Morgan fingerprint density at radius 3 is 2.72 bits per heavy atom. The van der Waals surface area contributed by atoms with Crippen molar-refractivity contribution in [1.29, 1.82) is 0 Å². The van der Waals surface area contributed by atoms with Crippen molar-refractivity contribution in [3.05, 3.63) is 34.9 Å². The summed E-state index contributed by atoms with van der Waals surface area (Å²) in [5.41, 5.74) is 4.38. The molecule has 1 amide bonds. The third kappa shape index (κ3) is 3.29. The first kappa shape index (κ1) is 13.5. The minimum absolute atomic E-state index is 0.0938. The van der Waals surface area contributed by atoms with Crippen molar-refractivity contribution in [3.8, 4) is 0 Å². The highest BCUT2D eigenvalue weighted by molar-refractivity contribution is 7.81. The molecule has 98 valence electrons. The standard InChI is InChI=1S/C15H21NOS/c1-16(15(17)11-18)9-8-12-6-7-13-4-2-3-5-14(13)10-12/h6-7,10,18H,2-5,8-9,11H2,1H3. The molecule has 2 rings (SSSR count). The number of rotatable bonds is 4. The molecular formula is C15H21NOS. The fraction of sp³-hybridized carbons (Fsp3) is 0.533. The maximum atomic E-state index is 11.4. The molecule has 0 radical (unpaired) electrons. The maximum Gasteiger partial charge on any atom is 0.232 e. The van der Waals surface area contributed by atoms with E-state index >= 15 is 0 Å². The lowest BCUT2D eigenvalue weighted by Crippen LogP contribution is -2.29. The van der Waals surface area contributed by atoms with E-state index < -0.39 is 0 Å². The Bertz CT molecular complexity index is 431. The van der Waals surface area contributed by atoms with E-state index in [1.165, 1.54) is 42.4 Å². The topological polar surface area (TPSA) is 20.3 Å². The van der Waals surface area contributed by atoms with Gasteiger partial charge in [0.25, 0.3) is 0 Å². The van der Waals surface area contributed by atoms with Gasteiger partial charge in [0.15, 0.2) is 0 Å². The minimum atomic E-state index is 0.0938. The highest BCUT2D eigenvalue weighted by Crippen LogP contribution is 2.22. The number of aryl methyl sites for hydroxylation is 2. The third-order valence-electron chi connectivity index (χ3n) is 3.71. The SMILES string of the molecule is CN(CCc1ccc2c(c1)CCCC2)C(=O)CS. The van der Waals surface area contributed by atoms with Gasteiger partial charge >= 0.3 is 0 Å². The van der Waals surface area contributed by atoms with Gasteiger partial charge in [0.1, 0.15) is 0 Å². The van der Waals surface area contributed by atoms with Gasteiger partial charge in [-0.05, 0) is 48.8 Å². The van der Waals surface area contributed by atoms with Gasteiger partial charge in [-0.15, -0.1) is 0 Å². The van der Waals surface area contributed by atoms with Gasteiger partial charge in [-0.3, -0.25) is 4.79 Å². The number of fused-ring (bicyclic) bond motifs is 1. The van der Waals surface area contributed by atoms with Gasteiger partial charge in [-0.1, -0.05) is 18.2 Å². The summed E-state index contributed by atoms with van der Waals surface area (Å²) in [6.07, 6.45) is 6.02. The average molecular weight is 263 g/mol. The van der Waals surface area contributed by atoms with Gasteiger partial charge in [-0.2, -0.15) is 12.6 Å². The van der Waals surface area contributed by atoms with Crippen LogP contribution in [0.25, 0.3) is 0 Å². The molecule has 0 unspecified atom stereocenters. The van der Waals surface area contributed by atoms with Crippen LogP contribution in [0, 0.1) is 0 Å². The molecule has 1 aliphatic rings. The predicted molar refractivity (Wildman–Crippen MR) is 78.3 cm³/mol. The monoisotopic (exact) mass is 263 g/mol. The van der Waals surface area contributed by atoms with E-state index in [0.717, 1.165) is 13.0 Å². The van der Waals surface area contributed by atoms with Crippen LogP contribution in [0.15, 0.2) is 18.2 Å². The number of carbonyl (C=O) groups excluding carboxylic acids is 1. The van der Waals surface area contributed by atoms with Crippen LogP contribution in [0.2, 0.25) is 0 Å². The van der Waals surface area contributed by atoms with Crippen LogP contribution in [-0.4, -0.2) is 30.2 Å². The van der Waals surface area contributed by atoms with Gasteiger partial charge in [0, 0.05) is 13.6 Å².